The van der Waals surface area contributed by atoms with Crippen LogP contribution >= 0.6 is 0 Å². The average Bonchev–Trinajstić information content (AvgIpc) is 2.86. The van der Waals surface area contributed by atoms with E-state index in [0.29, 0.717) is 6.04 Å². The molecule has 3 heteroatoms. The van der Waals surface area contributed by atoms with E-state index in [2.05, 4.69) is 4.90 Å². The number of ether oxygens (including phenoxy) is 1. The first-order chi connectivity index (χ1) is 8.68. The van der Waals surface area contributed by atoms with Crippen LogP contribution in [0, 0.1) is 5.92 Å². The number of hydrogen-bond donors (Lipinski definition) is 0. The molecule has 2 rings (SSSR count). The lowest BCUT2D eigenvalue weighted by atomic mass is 9.83. The Labute approximate surface area is 111 Å². The Morgan fingerprint density at radius 2 is 1.89 bits per heavy atom. The van der Waals surface area contributed by atoms with Crippen molar-refractivity contribution in [1.29, 1.82) is 0 Å². The maximum absolute atomic E-state index is 12.2. The summed E-state index contributed by atoms with van der Waals surface area (Å²) in [6, 6.07) is 0.508. The Hall–Kier alpha value is -0.570. The topological polar surface area (TPSA) is 29.5 Å². The minimum Gasteiger partial charge on any atom is -0.369 e. The molecule has 1 saturated heterocycles. The molecule has 104 valence electrons. The standard InChI is InChI=1S/C15H27NO2/c1-12(2)18-11-15(17)16-10-6-9-14(16)13-7-4-3-5-8-13/h12-14H,3-11H2,1-2H3. The molecule has 1 saturated carbocycles. The van der Waals surface area contributed by atoms with Crippen LogP contribution in [0.2, 0.25) is 0 Å². The molecule has 18 heavy (non-hydrogen) atoms. The van der Waals surface area contributed by atoms with Gasteiger partial charge in [-0.15, -0.1) is 0 Å². The summed E-state index contributed by atoms with van der Waals surface area (Å²) >= 11 is 0. The Balaban J connectivity index is 1.87. The lowest BCUT2D eigenvalue weighted by molar-refractivity contribution is -0.139. The number of rotatable bonds is 4. The Morgan fingerprint density at radius 1 is 1.17 bits per heavy atom. The normalized spacial score (nSPS) is 25.9. The van der Waals surface area contributed by atoms with Gasteiger partial charge in [0.25, 0.3) is 0 Å². The predicted octanol–water partition coefficient (Wildman–Crippen LogP) is 2.98. The van der Waals surface area contributed by atoms with E-state index in [4.69, 9.17) is 4.74 Å². The molecule has 1 heterocycles. The van der Waals surface area contributed by atoms with Gasteiger partial charge in [-0.2, -0.15) is 0 Å². The lowest BCUT2D eigenvalue weighted by Gasteiger charge is -2.34. The number of amides is 1. The van der Waals surface area contributed by atoms with Gasteiger partial charge in [-0.1, -0.05) is 19.3 Å². The molecule has 1 aliphatic carbocycles. The fraction of sp³-hybridized carbons (Fsp3) is 0.933. The molecule has 0 bridgehead atoms. The van der Waals surface area contributed by atoms with E-state index >= 15 is 0 Å². The van der Waals surface area contributed by atoms with Crippen molar-refractivity contribution in [2.75, 3.05) is 13.2 Å². The van der Waals surface area contributed by atoms with Crippen molar-refractivity contribution in [3.05, 3.63) is 0 Å². The third kappa shape index (κ3) is 3.47. The summed E-state index contributed by atoms with van der Waals surface area (Å²) in [5, 5.41) is 0. The number of nitrogens with zero attached hydrogens (tertiary/aromatic N) is 1. The Bertz CT molecular complexity index is 272. The minimum absolute atomic E-state index is 0.143. The molecule has 1 unspecified atom stereocenters. The molecule has 0 aromatic heterocycles. The summed E-state index contributed by atoms with van der Waals surface area (Å²) in [7, 11) is 0. The van der Waals surface area contributed by atoms with E-state index in [0.717, 1.165) is 12.5 Å². The van der Waals surface area contributed by atoms with Crippen LogP contribution in [0.4, 0.5) is 0 Å². The number of likely N-dealkylation sites (tertiary alicyclic amines) is 1. The van der Waals surface area contributed by atoms with E-state index in [1.807, 2.05) is 13.8 Å². The van der Waals surface area contributed by atoms with E-state index in [1.165, 1.54) is 44.9 Å². The van der Waals surface area contributed by atoms with Gasteiger partial charge >= 0.3 is 0 Å². The molecule has 0 aromatic rings. The van der Waals surface area contributed by atoms with Gasteiger partial charge in [0, 0.05) is 12.6 Å². The smallest absolute Gasteiger partial charge is 0.248 e. The second kappa shape index (κ2) is 6.55. The Morgan fingerprint density at radius 3 is 2.56 bits per heavy atom. The molecule has 1 aliphatic heterocycles. The van der Waals surface area contributed by atoms with Crippen LogP contribution in [-0.2, 0) is 9.53 Å². The third-order valence-corrected chi connectivity index (χ3v) is 4.35. The number of carbonyl (C=O) groups is 1. The van der Waals surface area contributed by atoms with Crippen molar-refractivity contribution in [2.45, 2.75) is 70.9 Å². The molecule has 1 atom stereocenters. The molecule has 0 N–H and O–H groups in total. The van der Waals surface area contributed by atoms with Crippen LogP contribution in [0.3, 0.4) is 0 Å². The third-order valence-electron chi connectivity index (χ3n) is 4.35. The van der Waals surface area contributed by atoms with E-state index < -0.39 is 0 Å². The number of hydrogen-bond acceptors (Lipinski definition) is 2. The molecular weight excluding hydrogens is 226 g/mol. The van der Waals surface area contributed by atoms with Gasteiger partial charge in [0.15, 0.2) is 0 Å². The summed E-state index contributed by atoms with van der Waals surface area (Å²) in [5.41, 5.74) is 0. The average molecular weight is 253 g/mol. The monoisotopic (exact) mass is 253 g/mol. The predicted molar refractivity (Wildman–Crippen MR) is 72.4 cm³/mol. The minimum atomic E-state index is 0.143. The number of carbonyl (C=O) groups excluding carboxylic acids is 1. The fourth-order valence-electron chi connectivity index (χ4n) is 3.43. The fourth-order valence-corrected chi connectivity index (χ4v) is 3.43. The second-order valence-electron chi connectivity index (χ2n) is 6.05. The first-order valence-electron chi connectivity index (χ1n) is 7.59. The van der Waals surface area contributed by atoms with Crippen LogP contribution in [0.25, 0.3) is 0 Å². The van der Waals surface area contributed by atoms with Gasteiger partial charge in [-0.25, -0.2) is 0 Å². The van der Waals surface area contributed by atoms with Crippen molar-refractivity contribution in [1.82, 2.24) is 4.90 Å². The summed E-state index contributed by atoms with van der Waals surface area (Å²) in [6.45, 7) is 5.17. The molecule has 2 fully saturated rings. The highest BCUT2D eigenvalue weighted by atomic mass is 16.5. The molecule has 1 amide bonds. The van der Waals surface area contributed by atoms with Crippen LogP contribution in [0.5, 0.6) is 0 Å². The zero-order valence-electron chi connectivity index (χ0n) is 11.9. The maximum Gasteiger partial charge on any atom is 0.248 e. The Kier molecular flexibility index (Phi) is 5.04. The van der Waals surface area contributed by atoms with Crippen molar-refractivity contribution >= 4 is 5.91 Å². The zero-order valence-corrected chi connectivity index (χ0v) is 11.9. The van der Waals surface area contributed by atoms with Crippen LogP contribution in [-0.4, -0.2) is 36.1 Å². The second-order valence-corrected chi connectivity index (χ2v) is 6.05. The van der Waals surface area contributed by atoms with Gasteiger partial charge in [0.05, 0.1) is 6.10 Å². The highest BCUT2D eigenvalue weighted by molar-refractivity contribution is 5.78. The van der Waals surface area contributed by atoms with Crippen LogP contribution in [0.1, 0.15) is 58.8 Å². The molecular formula is C15H27NO2. The van der Waals surface area contributed by atoms with E-state index in [1.54, 1.807) is 0 Å². The van der Waals surface area contributed by atoms with Gasteiger partial charge in [0.1, 0.15) is 6.61 Å². The summed E-state index contributed by atoms with van der Waals surface area (Å²) in [4.78, 5) is 14.3. The highest BCUT2D eigenvalue weighted by Gasteiger charge is 2.34. The molecule has 0 spiro atoms. The first kappa shape index (κ1) is 13.9. The van der Waals surface area contributed by atoms with Gasteiger partial charge < -0.3 is 9.64 Å². The largest absolute Gasteiger partial charge is 0.369 e. The zero-order chi connectivity index (χ0) is 13.0. The molecule has 0 aromatic carbocycles. The van der Waals surface area contributed by atoms with Crippen LogP contribution in [0.15, 0.2) is 0 Å². The molecule has 2 aliphatic rings. The molecule has 0 radical (unpaired) electrons. The van der Waals surface area contributed by atoms with Gasteiger partial charge in [0.2, 0.25) is 5.91 Å². The lowest BCUT2D eigenvalue weighted by Crippen LogP contribution is -2.42. The van der Waals surface area contributed by atoms with Crippen molar-refractivity contribution in [3.8, 4) is 0 Å². The summed E-state index contributed by atoms with van der Waals surface area (Å²) < 4.78 is 5.46. The van der Waals surface area contributed by atoms with Crippen molar-refractivity contribution in [3.63, 3.8) is 0 Å². The SMILES string of the molecule is CC(C)OCC(=O)N1CCCC1C1CCCCC1. The first-order valence-corrected chi connectivity index (χ1v) is 7.59. The summed E-state index contributed by atoms with van der Waals surface area (Å²) in [5.74, 6) is 0.959. The van der Waals surface area contributed by atoms with E-state index in [-0.39, 0.29) is 18.6 Å². The van der Waals surface area contributed by atoms with E-state index in [9.17, 15) is 4.79 Å². The van der Waals surface area contributed by atoms with Gasteiger partial charge in [-0.3, -0.25) is 4.79 Å². The summed E-state index contributed by atoms with van der Waals surface area (Å²) in [6.07, 6.45) is 9.25. The highest BCUT2D eigenvalue weighted by Crippen LogP contribution is 2.34. The van der Waals surface area contributed by atoms with Crippen LogP contribution < -0.4 is 0 Å². The quantitative estimate of drug-likeness (QED) is 0.771. The maximum atomic E-state index is 12.2. The van der Waals surface area contributed by atoms with Crippen molar-refractivity contribution < 1.29 is 9.53 Å². The molecule has 3 nitrogen and oxygen atoms in total. The van der Waals surface area contributed by atoms with Gasteiger partial charge in [-0.05, 0) is 45.4 Å². The van der Waals surface area contributed by atoms with Crippen molar-refractivity contribution in [2.24, 2.45) is 5.92 Å².